The third-order valence-corrected chi connectivity index (χ3v) is 2.10. The van der Waals surface area contributed by atoms with Crippen molar-refractivity contribution < 1.29 is 0 Å². The molecule has 0 aliphatic heterocycles. The first-order chi connectivity index (χ1) is 5.24. The first-order valence-corrected chi connectivity index (χ1v) is 4.30. The summed E-state index contributed by atoms with van der Waals surface area (Å²) in [5.41, 5.74) is 2.85. The van der Waals surface area contributed by atoms with Crippen molar-refractivity contribution in [3.8, 4) is 0 Å². The molecule has 0 saturated carbocycles. The summed E-state index contributed by atoms with van der Waals surface area (Å²) in [5.74, 6) is 0.645. The quantitative estimate of drug-likeness (QED) is 0.562. The number of rotatable bonds is 2. The Morgan fingerprint density at radius 2 is 2.27 bits per heavy atom. The van der Waals surface area contributed by atoms with Crippen molar-refractivity contribution in [1.29, 1.82) is 0 Å². The highest BCUT2D eigenvalue weighted by molar-refractivity contribution is 5.41. The van der Waals surface area contributed by atoms with Crippen LogP contribution in [0.1, 0.15) is 27.2 Å². The Kier molecular flexibility index (Phi) is 2.70. The van der Waals surface area contributed by atoms with E-state index in [-0.39, 0.29) is 0 Å². The molecule has 0 aromatic heterocycles. The molecule has 0 spiro atoms. The molecule has 11 heavy (non-hydrogen) atoms. The van der Waals surface area contributed by atoms with Crippen LogP contribution in [0.3, 0.4) is 0 Å². The molecule has 0 saturated heterocycles. The summed E-state index contributed by atoms with van der Waals surface area (Å²) >= 11 is 0. The van der Waals surface area contributed by atoms with Gasteiger partial charge in [-0.15, -0.1) is 0 Å². The lowest BCUT2D eigenvalue weighted by molar-refractivity contribution is 0.881. The fourth-order valence-corrected chi connectivity index (χ4v) is 1.22. The van der Waals surface area contributed by atoms with Crippen LogP contribution in [0.5, 0.6) is 0 Å². The minimum absolute atomic E-state index is 0.645. The zero-order valence-electron chi connectivity index (χ0n) is 7.59. The second-order valence-electron chi connectivity index (χ2n) is 3.15. The fourth-order valence-electron chi connectivity index (χ4n) is 1.22. The molecule has 0 aromatic rings. The zero-order valence-corrected chi connectivity index (χ0v) is 7.59. The maximum atomic E-state index is 2.31. The summed E-state index contributed by atoms with van der Waals surface area (Å²) in [4.78, 5) is 0. The number of hydrogen-bond acceptors (Lipinski definition) is 0. The Labute approximate surface area is 69.3 Å². The molecule has 1 aliphatic carbocycles. The Bertz CT molecular complexity index is 216. The standard InChI is InChI=1S/C11H16/c1-4-5-6-11-7-9(2)10(3)8-11/h5-9H,4H2,1-3H3/b6-5+. The van der Waals surface area contributed by atoms with E-state index in [2.05, 4.69) is 45.1 Å². The van der Waals surface area contributed by atoms with Crippen LogP contribution in [0.2, 0.25) is 0 Å². The van der Waals surface area contributed by atoms with Gasteiger partial charge in [-0.1, -0.05) is 43.7 Å². The molecule has 0 fully saturated rings. The summed E-state index contributed by atoms with van der Waals surface area (Å²) < 4.78 is 0. The molecule has 1 rings (SSSR count). The molecule has 1 unspecified atom stereocenters. The van der Waals surface area contributed by atoms with Crippen LogP contribution >= 0.6 is 0 Å². The van der Waals surface area contributed by atoms with Gasteiger partial charge in [0.2, 0.25) is 0 Å². The van der Waals surface area contributed by atoms with Gasteiger partial charge in [0.1, 0.15) is 0 Å². The molecule has 0 aromatic carbocycles. The summed E-state index contributed by atoms with van der Waals surface area (Å²) in [6.07, 6.45) is 10.1. The molecule has 0 radical (unpaired) electrons. The second kappa shape index (κ2) is 3.56. The highest BCUT2D eigenvalue weighted by Crippen LogP contribution is 2.23. The number of hydrogen-bond donors (Lipinski definition) is 0. The monoisotopic (exact) mass is 148 g/mol. The molecular weight excluding hydrogens is 132 g/mol. The SMILES string of the molecule is CC/C=C/C1=CC(C)C(C)=C1. The lowest BCUT2D eigenvalue weighted by Gasteiger charge is -1.96. The molecule has 0 N–H and O–H groups in total. The molecule has 0 amide bonds. The fraction of sp³-hybridized carbons (Fsp3) is 0.455. The summed E-state index contributed by atoms with van der Waals surface area (Å²) in [5, 5.41) is 0. The van der Waals surface area contributed by atoms with Gasteiger partial charge in [-0.05, 0) is 24.8 Å². The number of allylic oxidation sites excluding steroid dienone is 6. The largest absolute Gasteiger partial charge is 0.0842 e. The van der Waals surface area contributed by atoms with Crippen molar-refractivity contribution in [3.63, 3.8) is 0 Å². The van der Waals surface area contributed by atoms with Crippen LogP contribution in [0, 0.1) is 5.92 Å². The lowest BCUT2D eigenvalue weighted by atomic mass is 10.1. The molecule has 1 atom stereocenters. The van der Waals surface area contributed by atoms with Crippen LogP contribution < -0.4 is 0 Å². The minimum Gasteiger partial charge on any atom is -0.0842 e. The zero-order chi connectivity index (χ0) is 8.27. The van der Waals surface area contributed by atoms with E-state index in [1.807, 2.05) is 0 Å². The van der Waals surface area contributed by atoms with Crippen molar-refractivity contribution in [2.24, 2.45) is 5.92 Å². The predicted octanol–water partition coefficient (Wildman–Crippen LogP) is 3.48. The van der Waals surface area contributed by atoms with E-state index < -0.39 is 0 Å². The Balaban J connectivity index is 2.63. The van der Waals surface area contributed by atoms with Gasteiger partial charge >= 0.3 is 0 Å². The van der Waals surface area contributed by atoms with E-state index in [1.54, 1.807) is 0 Å². The maximum Gasteiger partial charge on any atom is -0.00421 e. The van der Waals surface area contributed by atoms with Gasteiger partial charge in [-0.3, -0.25) is 0 Å². The van der Waals surface area contributed by atoms with Crippen molar-refractivity contribution >= 4 is 0 Å². The molecule has 0 heteroatoms. The topological polar surface area (TPSA) is 0 Å². The molecule has 0 bridgehead atoms. The predicted molar refractivity (Wildman–Crippen MR) is 50.4 cm³/mol. The minimum atomic E-state index is 0.645. The highest BCUT2D eigenvalue weighted by Gasteiger charge is 2.07. The molecule has 1 aliphatic rings. The third-order valence-electron chi connectivity index (χ3n) is 2.10. The Morgan fingerprint density at radius 1 is 1.55 bits per heavy atom. The van der Waals surface area contributed by atoms with Crippen LogP contribution in [0.15, 0.2) is 35.5 Å². The molecule has 60 valence electrons. The van der Waals surface area contributed by atoms with Gasteiger partial charge in [0.25, 0.3) is 0 Å². The highest BCUT2D eigenvalue weighted by atomic mass is 14.1. The van der Waals surface area contributed by atoms with E-state index in [0.29, 0.717) is 5.92 Å². The van der Waals surface area contributed by atoms with Gasteiger partial charge in [-0.25, -0.2) is 0 Å². The van der Waals surface area contributed by atoms with Crippen molar-refractivity contribution in [2.75, 3.05) is 0 Å². The van der Waals surface area contributed by atoms with E-state index in [9.17, 15) is 0 Å². The van der Waals surface area contributed by atoms with Gasteiger partial charge in [0.05, 0.1) is 0 Å². The third kappa shape index (κ3) is 2.07. The van der Waals surface area contributed by atoms with E-state index in [1.165, 1.54) is 11.1 Å². The van der Waals surface area contributed by atoms with Crippen LogP contribution in [-0.4, -0.2) is 0 Å². The van der Waals surface area contributed by atoms with Crippen LogP contribution in [0.4, 0.5) is 0 Å². The smallest absolute Gasteiger partial charge is 0.00421 e. The van der Waals surface area contributed by atoms with Crippen molar-refractivity contribution in [3.05, 3.63) is 35.5 Å². The molecular formula is C11H16. The first-order valence-electron chi connectivity index (χ1n) is 4.30. The van der Waals surface area contributed by atoms with Gasteiger partial charge < -0.3 is 0 Å². The van der Waals surface area contributed by atoms with Crippen LogP contribution in [-0.2, 0) is 0 Å². The van der Waals surface area contributed by atoms with E-state index >= 15 is 0 Å². The van der Waals surface area contributed by atoms with E-state index in [4.69, 9.17) is 0 Å². The summed E-state index contributed by atoms with van der Waals surface area (Å²) in [7, 11) is 0. The summed E-state index contributed by atoms with van der Waals surface area (Å²) in [6.45, 7) is 6.58. The van der Waals surface area contributed by atoms with Crippen molar-refractivity contribution in [2.45, 2.75) is 27.2 Å². The maximum absolute atomic E-state index is 2.31. The van der Waals surface area contributed by atoms with Crippen molar-refractivity contribution in [1.82, 2.24) is 0 Å². The molecule has 0 nitrogen and oxygen atoms in total. The lowest BCUT2D eigenvalue weighted by Crippen LogP contribution is -1.83. The first kappa shape index (κ1) is 8.32. The Hall–Kier alpha value is -0.780. The van der Waals surface area contributed by atoms with Gasteiger partial charge in [0, 0.05) is 0 Å². The van der Waals surface area contributed by atoms with E-state index in [0.717, 1.165) is 6.42 Å². The van der Waals surface area contributed by atoms with Crippen LogP contribution in [0.25, 0.3) is 0 Å². The van der Waals surface area contributed by atoms with Gasteiger partial charge in [-0.2, -0.15) is 0 Å². The normalized spacial score (nSPS) is 24.1. The van der Waals surface area contributed by atoms with Gasteiger partial charge in [0.15, 0.2) is 0 Å². The Morgan fingerprint density at radius 3 is 2.73 bits per heavy atom. The average molecular weight is 148 g/mol. The summed E-state index contributed by atoms with van der Waals surface area (Å²) in [6, 6.07) is 0. The average Bonchev–Trinajstić information content (AvgIpc) is 2.28. The molecule has 0 heterocycles. The second-order valence-corrected chi connectivity index (χ2v) is 3.15.